The van der Waals surface area contributed by atoms with Crippen molar-refractivity contribution in [3.8, 4) is 11.6 Å². The fraction of sp³-hybridized carbons (Fsp3) is 0.577. The highest BCUT2D eigenvalue weighted by molar-refractivity contribution is 5.60. The topological polar surface area (TPSA) is 47.1 Å². The van der Waals surface area contributed by atoms with Crippen LogP contribution in [0.15, 0.2) is 36.4 Å². The van der Waals surface area contributed by atoms with E-state index in [4.69, 9.17) is 19.2 Å². The molecule has 2 aromatic rings. The molecule has 0 saturated carbocycles. The van der Waals surface area contributed by atoms with Crippen molar-refractivity contribution in [1.82, 2.24) is 4.98 Å². The molecule has 3 heterocycles. The minimum atomic E-state index is -0.312. The van der Waals surface area contributed by atoms with E-state index in [1.54, 1.807) is 7.11 Å². The summed E-state index contributed by atoms with van der Waals surface area (Å²) in [6, 6.07) is 13.3. The lowest BCUT2D eigenvalue weighted by atomic mass is 9.95. The number of ether oxygens (including phenoxy) is 3. The molecule has 1 aromatic heterocycles. The number of hydrogen-bond acceptors (Lipinski definition) is 6. The van der Waals surface area contributed by atoms with Crippen molar-refractivity contribution in [3.63, 3.8) is 0 Å². The predicted molar refractivity (Wildman–Crippen MR) is 129 cm³/mol. The van der Waals surface area contributed by atoms with E-state index in [2.05, 4.69) is 67.8 Å². The van der Waals surface area contributed by atoms with Gasteiger partial charge in [-0.05, 0) is 64.7 Å². The fourth-order valence-electron chi connectivity index (χ4n) is 4.67. The predicted octanol–water partition coefficient (Wildman–Crippen LogP) is 5.22. The second kappa shape index (κ2) is 9.57. The van der Waals surface area contributed by atoms with E-state index in [-0.39, 0.29) is 11.6 Å². The molecule has 0 N–H and O–H groups in total. The molecule has 6 nitrogen and oxygen atoms in total. The first kappa shape index (κ1) is 22.7. The van der Waals surface area contributed by atoms with Gasteiger partial charge in [0.1, 0.15) is 17.2 Å². The Morgan fingerprint density at radius 2 is 1.91 bits per heavy atom. The molecule has 0 spiro atoms. The molecular weight excluding hydrogens is 402 g/mol. The zero-order chi connectivity index (χ0) is 22.7. The van der Waals surface area contributed by atoms with Gasteiger partial charge in [0.15, 0.2) is 0 Å². The lowest BCUT2D eigenvalue weighted by Crippen LogP contribution is -2.44. The van der Waals surface area contributed by atoms with E-state index in [1.165, 1.54) is 12.0 Å². The number of hydrogen-bond donors (Lipinski definition) is 0. The average molecular weight is 440 g/mol. The molecule has 4 rings (SSSR count). The molecule has 0 aliphatic carbocycles. The van der Waals surface area contributed by atoms with Gasteiger partial charge in [-0.15, -0.1) is 0 Å². The number of aromatic nitrogens is 1. The third-order valence-electron chi connectivity index (χ3n) is 6.16. The van der Waals surface area contributed by atoms with Crippen molar-refractivity contribution in [2.24, 2.45) is 0 Å². The summed E-state index contributed by atoms with van der Waals surface area (Å²) in [5.74, 6) is 2.56. The lowest BCUT2D eigenvalue weighted by molar-refractivity contribution is 0.0986. The number of piperidine rings is 1. The van der Waals surface area contributed by atoms with Crippen molar-refractivity contribution in [2.75, 3.05) is 43.2 Å². The molecular formula is C26H37N3O3. The van der Waals surface area contributed by atoms with Crippen LogP contribution in [0.3, 0.4) is 0 Å². The minimum Gasteiger partial charge on any atom is -0.497 e. The Morgan fingerprint density at radius 1 is 1.06 bits per heavy atom. The molecule has 2 atom stereocenters. The van der Waals surface area contributed by atoms with E-state index in [0.29, 0.717) is 11.9 Å². The third-order valence-corrected chi connectivity index (χ3v) is 6.16. The maximum Gasteiger partial charge on any atom is 0.217 e. The lowest BCUT2D eigenvalue weighted by Gasteiger charge is -2.39. The van der Waals surface area contributed by atoms with Crippen LogP contribution in [0.25, 0.3) is 0 Å². The van der Waals surface area contributed by atoms with Gasteiger partial charge >= 0.3 is 0 Å². The molecule has 32 heavy (non-hydrogen) atoms. The Hall–Kier alpha value is -2.47. The van der Waals surface area contributed by atoms with Gasteiger partial charge in [-0.2, -0.15) is 4.98 Å². The highest BCUT2D eigenvalue weighted by Gasteiger charge is 2.28. The highest BCUT2D eigenvalue weighted by atomic mass is 16.5. The number of nitrogens with zero attached hydrogens (tertiary/aromatic N) is 3. The normalized spacial score (nSPS) is 22.0. The smallest absolute Gasteiger partial charge is 0.217 e. The first-order valence-electron chi connectivity index (χ1n) is 11.8. The van der Waals surface area contributed by atoms with Gasteiger partial charge in [0.2, 0.25) is 5.88 Å². The van der Waals surface area contributed by atoms with Crippen molar-refractivity contribution in [1.29, 1.82) is 0 Å². The van der Waals surface area contributed by atoms with Crippen molar-refractivity contribution in [3.05, 3.63) is 42.0 Å². The van der Waals surface area contributed by atoms with Gasteiger partial charge in [-0.1, -0.05) is 12.1 Å². The van der Waals surface area contributed by atoms with Crippen molar-refractivity contribution < 1.29 is 14.2 Å². The van der Waals surface area contributed by atoms with Gasteiger partial charge in [0.05, 0.1) is 26.4 Å². The first-order chi connectivity index (χ1) is 15.3. The molecule has 0 bridgehead atoms. The standard InChI is InChI=1S/C26H37N3O3/c1-19-18-31-14-13-28(19)21-16-24(27-25(17-21)32-26(2,3)4)29-12-7-6-11-23(29)20-9-8-10-22(15-20)30-5/h8-10,15-17,19,23H,6-7,11-14,18H2,1-5H3/t19-,23?/m1/s1. The summed E-state index contributed by atoms with van der Waals surface area (Å²) < 4.78 is 17.4. The second-order valence-electron chi connectivity index (χ2n) is 9.84. The maximum atomic E-state index is 6.26. The molecule has 2 fully saturated rings. The first-order valence-corrected chi connectivity index (χ1v) is 11.8. The monoisotopic (exact) mass is 439 g/mol. The zero-order valence-electron chi connectivity index (χ0n) is 20.1. The van der Waals surface area contributed by atoms with Crippen LogP contribution in [0, 0.1) is 0 Å². The molecule has 0 radical (unpaired) electrons. The van der Waals surface area contributed by atoms with Crippen LogP contribution < -0.4 is 19.3 Å². The largest absolute Gasteiger partial charge is 0.497 e. The quantitative estimate of drug-likeness (QED) is 0.636. The van der Waals surface area contributed by atoms with E-state index < -0.39 is 0 Å². The van der Waals surface area contributed by atoms with E-state index in [1.807, 2.05) is 6.07 Å². The molecule has 174 valence electrons. The van der Waals surface area contributed by atoms with Gasteiger partial charge in [-0.25, -0.2) is 0 Å². The fourth-order valence-corrected chi connectivity index (χ4v) is 4.67. The van der Waals surface area contributed by atoms with Crippen LogP contribution in [0.4, 0.5) is 11.5 Å². The van der Waals surface area contributed by atoms with Gasteiger partial charge < -0.3 is 24.0 Å². The summed E-state index contributed by atoms with van der Waals surface area (Å²) in [6.07, 6.45) is 3.47. The van der Waals surface area contributed by atoms with Crippen LogP contribution in [0.1, 0.15) is 58.6 Å². The minimum absolute atomic E-state index is 0.270. The van der Waals surface area contributed by atoms with Gasteiger partial charge in [-0.3, -0.25) is 0 Å². The average Bonchev–Trinajstić information content (AvgIpc) is 2.78. The van der Waals surface area contributed by atoms with E-state index >= 15 is 0 Å². The Morgan fingerprint density at radius 3 is 2.66 bits per heavy atom. The van der Waals surface area contributed by atoms with Crippen LogP contribution in [-0.4, -0.2) is 50.0 Å². The summed E-state index contributed by atoms with van der Waals surface area (Å²) in [5, 5.41) is 0. The zero-order valence-corrected chi connectivity index (χ0v) is 20.1. The van der Waals surface area contributed by atoms with Crippen LogP contribution in [0.2, 0.25) is 0 Å². The number of methoxy groups -OCH3 is 1. The van der Waals surface area contributed by atoms with Crippen LogP contribution in [0.5, 0.6) is 11.6 Å². The molecule has 2 aliphatic rings. The van der Waals surface area contributed by atoms with E-state index in [9.17, 15) is 0 Å². The van der Waals surface area contributed by atoms with Gasteiger partial charge in [0.25, 0.3) is 0 Å². The molecule has 0 amide bonds. The summed E-state index contributed by atoms with van der Waals surface area (Å²) in [4.78, 5) is 9.85. The number of rotatable bonds is 5. The number of morpholine rings is 1. The summed E-state index contributed by atoms with van der Waals surface area (Å²) in [6.45, 7) is 11.8. The Balaban J connectivity index is 1.73. The molecule has 6 heteroatoms. The molecule has 1 unspecified atom stereocenters. The second-order valence-corrected chi connectivity index (χ2v) is 9.84. The van der Waals surface area contributed by atoms with Crippen molar-refractivity contribution >= 4 is 11.5 Å². The number of pyridine rings is 1. The summed E-state index contributed by atoms with van der Waals surface area (Å²) in [5.41, 5.74) is 2.11. The van der Waals surface area contributed by atoms with Gasteiger partial charge in [0, 0.05) is 37.0 Å². The van der Waals surface area contributed by atoms with Crippen LogP contribution >= 0.6 is 0 Å². The van der Waals surface area contributed by atoms with Crippen molar-refractivity contribution in [2.45, 2.75) is 64.6 Å². The van der Waals surface area contributed by atoms with Crippen LogP contribution in [-0.2, 0) is 4.74 Å². The number of benzene rings is 1. The third kappa shape index (κ3) is 5.29. The highest BCUT2D eigenvalue weighted by Crippen LogP contribution is 2.38. The summed E-state index contributed by atoms with van der Waals surface area (Å²) >= 11 is 0. The Labute approximate surface area is 192 Å². The van der Waals surface area contributed by atoms with E-state index in [0.717, 1.165) is 56.4 Å². The SMILES string of the molecule is COc1cccc(C2CCCCN2c2cc(N3CCOC[C@H]3C)cc(OC(C)(C)C)n2)c1. The molecule has 1 aromatic carbocycles. The maximum absolute atomic E-state index is 6.26. The molecule has 2 aliphatic heterocycles. The summed E-state index contributed by atoms with van der Waals surface area (Å²) in [7, 11) is 1.72. The molecule has 2 saturated heterocycles. The number of anilines is 2. The Kier molecular flexibility index (Phi) is 6.79. The Bertz CT molecular complexity index is 911.